The van der Waals surface area contributed by atoms with E-state index in [0.29, 0.717) is 25.7 Å². The molecule has 0 aliphatic heterocycles. The van der Waals surface area contributed by atoms with Crippen LogP contribution >= 0.6 is 0 Å². The Morgan fingerprint density at radius 1 is 0.914 bits per heavy atom. The first-order valence-electron chi connectivity index (χ1n) is 12.5. The fraction of sp³-hybridized carbons (Fsp3) is 0.464. The first-order valence-corrected chi connectivity index (χ1v) is 12.5. The number of nitrogens with one attached hydrogen (secondary N) is 2. The highest BCUT2D eigenvalue weighted by Gasteiger charge is 2.62. The van der Waals surface area contributed by atoms with Crippen molar-refractivity contribution in [1.82, 2.24) is 10.6 Å². The second-order valence-electron chi connectivity index (χ2n) is 11.0. The third kappa shape index (κ3) is 3.60. The minimum atomic E-state index is -1.03. The molecule has 2 aromatic rings. The molecule has 3 N–H and O–H groups in total. The lowest BCUT2D eigenvalue weighted by molar-refractivity contribution is -0.146. The van der Waals surface area contributed by atoms with Gasteiger partial charge >= 0.3 is 12.1 Å². The van der Waals surface area contributed by atoms with Crippen molar-refractivity contribution in [3.63, 3.8) is 0 Å². The van der Waals surface area contributed by atoms with Crippen LogP contribution in [0, 0.1) is 10.8 Å². The van der Waals surface area contributed by atoms with Gasteiger partial charge in [0.25, 0.3) is 0 Å². The molecule has 2 aromatic carbocycles. The zero-order chi connectivity index (χ0) is 24.3. The van der Waals surface area contributed by atoms with Crippen LogP contribution < -0.4 is 10.6 Å². The number of hydrogen-bond donors (Lipinski definition) is 3. The summed E-state index contributed by atoms with van der Waals surface area (Å²) in [4.78, 5) is 37.7. The third-order valence-electron chi connectivity index (χ3n) is 8.78. The Kier molecular flexibility index (Phi) is 4.95. The quantitative estimate of drug-likeness (QED) is 0.558. The molecular weight excluding hydrogens is 444 g/mol. The molecule has 182 valence electrons. The summed E-state index contributed by atoms with van der Waals surface area (Å²) in [5.74, 6) is -1.22. The van der Waals surface area contributed by atoms with Crippen molar-refractivity contribution in [1.29, 1.82) is 0 Å². The molecule has 1 spiro atoms. The number of alkyl carbamates (subject to hydrolysis) is 1. The number of benzene rings is 2. The van der Waals surface area contributed by atoms with E-state index in [1.807, 2.05) is 24.3 Å². The van der Waals surface area contributed by atoms with Crippen LogP contribution in [0.5, 0.6) is 0 Å². The predicted octanol–water partition coefficient (Wildman–Crippen LogP) is 4.21. The van der Waals surface area contributed by atoms with E-state index in [-0.39, 0.29) is 30.4 Å². The summed E-state index contributed by atoms with van der Waals surface area (Å²) < 4.78 is 5.71. The number of aliphatic carboxylic acids is 1. The number of carbonyl (C=O) groups is 3. The van der Waals surface area contributed by atoms with Gasteiger partial charge in [-0.1, -0.05) is 55.0 Å². The number of carbonyl (C=O) groups excluding carboxylic acids is 2. The summed E-state index contributed by atoms with van der Waals surface area (Å²) in [6.07, 6.45) is 4.96. The second kappa shape index (κ2) is 7.83. The molecule has 4 aliphatic rings. The summed E-state index contributed by atoms with van der Waals surface area (Å²) in [6.45, 7) is 0.285. The zero-order valence-electron chi connectivity index (χ0n) is 19.6. The van der Waals surface area contributed by atoms with Crippen molar-refractivity contribution in [3.05, 3.63) is 59.7 Å². The van der Waals surface area contributed by atoms with Gasteiger partial charge in [0.05, 0.1) is 5.41 Å². The fourth-order valence-corrected chi connectivity index (χ4v) is 6.43. The Labute approximate surface area is 204 Å². The Bertz CT molecular complexity index is 1160. The van der Waals surface area contributed by atoms with Crippen LogP contribution in [-0.4, -0.2) is 41.8 Å². The molecule has 0 saturated heterocycles. The molecular formula is C28H30N2O5. The smallest absolute Gasteiger partial charge is 0.408 e. The number of fused-ring (bicyclic) bond motifs is 3. The molecule has 2 amide bonds. The second-order valence-corrected chi connectivity index (χ2v) is 11.0. The summed E-state index contributed by atoms with van der Waals surface area (Å²) in [7, 11) is 0. The first kappa shape index (κ1) is 22.1. The van der Waals surface area contributed by atoms with Crippen molar-refractivity contribution < 1.29 is 24.2 Å². The van der Waals surface area contributed by atoms with Gasteiger partial charge in [-0.15, -0.1) is 0 Å². The molecule has 0 radical (unpaired) electrons. The molecule has 7 heteroatoms. The van der Waals surface area contributed by atoms with Crippen molar-refractivity contribution in [2.75, 3.05) is 13.2 Å². The van der Waals surface area contributed by atoms with E-state index in [0.717, 1.165) is 41.5 Å². The number of hydrogen-bond acceptors (Lipinski definition) is 4. The highest BCUT2D eigenvalue weighted by molar-refractivity contribution is 5.92. The molecule has 0 unspecified atom stereocenters. The van der Waals surface area contributed by atoms with Crippen LogP contribution in [0.25, 0.3) is 11.1 Å². The van der Waals surface area contributed by atoms with Gasteiger partial charge in [-0.05, 0) is 66.2 Å². The van der Waals surface area contributed by atoms with Crippen molar-refractivity contribution in [2.24, 2.45) is 10.8 Å². The van der Waals surface area contributed by atoms with Gasteiger partial charge in [-0.25, -0.2) is 4.79 Å². The van der Waals surface area contributed by atoms with E-state index in [4.69, 9.17) is 4.74 Å². The Morgan fingerprint density at radius 3 is 2.03 bits per heavy atom. The lowest BCUT2D eigenvalue weighted by atomic mass is 9.48. The minimum Gasteiger partial charge on any atom is -0.481 e. The van der Waals surface area contributed by atoms with E-state index >= 15 is 0 Å². The summed E-state index contributed by atoms with van der Waals surface area (Å²) in [5, 5.41) is 15.2. The lowest BCUT2D eigenvalue weighted by Gasteiger charge is -2.59. The van der Waals surface area contributed by atoms with Gasteiger partial charge in [0.1, 0.15) is 12.1 Å². The minimum absolute atomic E-state index is 0.0532. The monoisotopic (exact) mass is 474 g/mol. The normalized spacial score (nSPS) is 21.6. The number of ether oxygens (including phenoxy) is 1. The molecule has 3 saturated carbocycles. The number of carboxylic acids is 1. The topological polar surface area (TPSA) is 105 Å². The maximum atomic E-state index is 13.2. The standard InChI is InChI=1S/C28H30N2O5/c31-23(29-17-27(12-13-27)24(32)33)28(15-26(16-28)10-5-11-26)30-25(34)35-14-22-20-8-3-1-6-18(20)19-7-2-4-9-21(19)22/h1-4,6-9,22H,5,10-17H2,(H,29,31)(H,30,34)(H,32,33). The van der Waals surface area contributed by atoms with Gasteiger partial charge in [0, 0.05) is 12.5 Å². The van der Waals surface area contributed by atoms with E-state index in [1.165, 1.54) is 0 Å². The van der Waals surface area contributed by atoms with Gasteiger partial charge < -0.3 is 20.5 Å². The van der Waals surface area contributed by atoms with Crippen LogP contribution in [0.1, 0.15) is 62.0 Å². The zero-order valence-corrected chi connectivity index (χ0v) is 19.6. The third-order valence-corrected chi connectivity index (χ3v) is 8.78. The highest BCUT2D eigenvalue weighted by Crippen LogP contribution is 2.60. The first-order chi connectivity index (χ1) is 16.9. The molecule has 6 rings (SSSR count). The molecule has 7 nitrogen and oxygen atoms in total. The van der Waals surface area contributed by atoms with E-state index < -0.39 is 23.0 Å². The van der Waals surface area contributed by atoms with E-state index in [9.17, 15) is 19.5 Å². The van der Waals surface area contributed by atoms with Crippen LogP contribution in [0.3, 0.4) is 0 Å². The van der Waals surface area contributed by atoms with E-state index in [2.05, 4.69) is 34.9 Å². The SMILES string of the molecule is O=C(NC1(C(=O)NCC2(C(=O)O)CC2)CC2(CCC2)C1)OCC1c2ccccc2-c2ccccc21. The van der Waals surface area contributed by atoms with Crippen LogP contribution in [0.15, 0.2) is 48.5 Å². The molecule has 0 heterocycles. The molecule has 0 atom stereocenters. The number of rotatable bonds is 7. The molecule has 0 bridgehead atoms. The summed E-state index contributed by atoms with van der Waals surface area (Å²) in [6, 6.07) is 16.3. The fourth-order valence-electron chi connectivity index (χ4n) is 6.43. The maximum absolute atomic E-state index is 13.2. The van der Waals surface area contributed by atoms with Gasteiger partial charge in [0.15, 0.2) is 0 Å². The number of carboxylic acid groups (broad SMARTS) is 1. The average Bonchev–Trinajstić information content (AvgIpc) is 3.54. The largest absolute Gasteiger partial charge is 0.481 e. The summed E-state index contributed by atoms with van der Waals surface area (Å²) >= 11 is 0. The number of amides is 2. The summed E-state index contributed by atoms with van der Waals surface area (Å²) in [5.41, 5.74) is 2.83. The Hall–Kier alpha value is -3.35. The van der Waals surface area contributed by atoms with Crippen molar-refractivity contribution in [3.8, 4) is 11.1 Å². The Morgan fingerprint density at radius 2 is 1.51 bits per heavy atom. The van der Waals surface area contributed by atoms with E-state index in [1.54, 1.807) is 0 Å². The molecule has 4 aliphatic carbocycles. The van der Waals surface area contributed by atoms with Gasteiger partial charge in [-0.2, -0.15) is 0 Å². The molecule has 3 fully saturated rings. The molecule has 35 heavy (non-hydrogen) atoms. The predicted molar refractivity (Wildman–Crippen MR) is 129 cm³/mol. The van der Waals surface area contributed by atoms with Crippen molar-refractivity contribution in [2.45, 2.75) is 56.4 Å². The van der Waals surface area contributed by atoms with Crippen molar-refractivity contribution >= 4 is 18.0 Å². The van der Waals surface area contributed by atoms with Crippen LogP contribution in [0.4, 0.5) is 4.79 Å². The van der Waals surface area contributed by atoms with Crippen LogP contribution in [-0.2, 0) is 14.3 Å². The molecule has 0 aromatic heterocycles. The maximum Gasteiger partial charge on any atom is 0.408 e. The lowest BCUT2D eigenvalue weighted by Crippen LogP contribution is -2.70. The average molecular weight is 475 g/mol. The van der Waals surface area contributed by atoms with Gasteiger partial charge in [-0.3, -0.25) is 9.59 Å². The highest BCUT2D eigenvalue weighted by atomic mass is 16.5. The van der Waals surface area contributed by atoms with Gasteiger partial charge in [0.2, 0.25) is 5.91 Å². The Balaban J connectivity index is 1.13. The van der Waals surface area contributed by atoms with Crippen LogP contribution in [0.2, 0.25) is 0 Å².